The van der Waals surface area contributed by atoms with Crippen molar-refractivity contribution >= 4 is 0 Å². The molecule has 0 amide bonds. The lowest BCUT2D eigenvalue weighted by molar-refractivity contribution is 0.196. The van der Waals surface area contributed by atoms with Gasteiger partial charge < -0.3 is 10.0 Å². The summed E-state index contributed by atoms with van der Waals surface area (Å²) in [5.74, 6) is 0.816. The molecule has 0 aliphatic heterocycles. The average molecular weight is 187 g/mol. The zero-order chi connectivity index (χ0) is 10.1. The summed E-state index contributed by atoms with van der Waals surface area (Å²) in [6.07, 6.45) is 5.23. The van der Waals surface area contributed by atoms with Crippen molar-refractivity contribution in [3.8, 4) is 0 Å². The van der Waals surface area contributed by atoms with Crippen molar-refractivity contribution in [1.29, 1.82) is 0 Å². The number of aliphatic hydroxyl groups excluding tert-OH is 1. The van der Waals surface area contributed by atoms with Gasteiger partial charge in [0, 0.05) is 13.1 Å². The second-order valence-electron chi connectivity index (χ2n) is 3.90. The molecule has 2 heteroatoms. The van der Waals surface area contributed by atoms with Crippen LogP contribution in [-0.2, 0) is 0 Å². The van der Waals surface area contributed by atoms with Crippen LogP contribution in [0.4, 0.5) is 0 Å². The van der Waals surface area contributed by atoms with Gasteiger partial charge in [0.15, 0.2) is 0 Å². The minimum atomic E-state index is 0.278. The Bertz CT molecular complexity index is 106. The SMILES string of the molecule is CCCCC(CC)CN(C)CCO. The van der Waals surface area contributed by atoms with Gasteiger partial charge in [-0.05, 0) is 19.4 Å². The largest absolute Gasteiger partial charge is 0.395 e. The van der Waals surface area contributed by atoms with Crippen LogP contribution in [0.25, 0.3) is 0 Å². The van der Waals surface area contributed by atoms with E-state index in [4.69, 9.17) is 5.11 Å². The quantitative estimate of drug-likeness (QED) is 0.629. The van der Waals surface area contributed by atoms with Crippen LogP contribution in [0.15, 0.2) is 0 Å². The van der Waals surface area contributed by atoms with E-state index in [0.717, 1.165) is 19.0 Å². The van der Waals surface area contributed by atoms with Crippen LogP contribution < -0.4 is 0 Å². The molecule has 0 aromatic carbocycles. The van der Waals surface area contributed by atoms with Gasteiger partial charge in [-0.2, -0.15) is 0 Å². The van der Waals surface area contributed by atoms with Gasteiger partial charge in [0.1, 0.15) is 0 Å². The maximum absolute atomic E-state index is 8.76. The molecule has 0 aromatic rings. The Kier molecular flexibility index (Phi) is 8.46. The minimum Gasteiger partial charge on any atom is -0.395 e. The zero-order valence-electron chi connectivity index (χ0n) is 9.42. The van der Waals surface area contributed by atoms with E-state index in [-0.39, 0.29) is 6.61 Å². The molecule has 1 atom stereocenters. The number of nitrogens with zero attached hydrogens (tertiary/aromatic N) is 1. The lowest BCUT2D eigenvalue weighted by Gasteiger charge is -2.22. The third-order valence-corrected chi connectivity index (χ3v) is 2.59. The third kappa shape index (κ3) is 7.03. The highest BCUT2D eigenvalue weighted by Gasteiger charge is 2.08. The van der Waals surface area contributed by atoms with Crippen molar-refractivity contribution in [3.05, 3.63) is 0 Å². The van der Waals surface area contributed by atoms with Crippen molar-refractivity contribution in [2.75, 3.05) is 26.7 Å². The molecule has 0 aromatic heterocycles. The van der Waals surface area contributed by atoms with E-state index in [0.29, 0.717) is 0 Å². The molecule has 80 valence electrons. The first-order chi connectivity index (χ1) is 6.24. The van der Waals surface area contributed by atoms with Gasteiger partial charge in [0.05, 0.1) is 6.61 Å². The van der Waals surface area contributed by atoms with Gasteiger partial charge in [-0.1, -0.05) is 33.1 Å². The molecule has 0 saturated heterocycles. The van der Waals surface area contributed by atoms with E-state index in [9.17, 15) is 0 Å². The molecule has 0 saturated carbocycles. The first-order valence-electron chi connectivity index (χ1n) is 5.53. The molecule has 0 radical (unpaired) electrons. The Morgan fingerprint density at radius 2 is 2.00 bits per heavy atom. The van der Waals surface area contributed by atoms with Crippen LogP contribution in [0, 0.1) is 5.92 Å². The number of likely N-dealkylation sites (N-methyl/N-ethyl adjacent to an activating group) is 1. The predicted molar refractivity (Wildman–Crippen MR) is 57.9 cm³/mol. The van der Waals surface area contributed by atoms with E-state index in [1.54, 1.807) is 0 Å². The van der Waals surface area contributed by atoms with Gasteiger partial charge >= 0.3 is 0 Å². The average Bonchev–Trinajstić information content (AvgIpc) is 2.12. The van der Waals surface area contributed by atoms with Crippen molar-refractivity contribution in [1.82, 2.24) is 4.90 Å². The second-order valence-corrected chi connectivity index (χ2v) is 3.90. The lowest BCUT2D eigenvalue weighted by atomic mass is 9.99. The number of unbranched alkanes of at least 4 members (excludes halogenated alkanes) is 1. The van der Waals surface area contributed by atoms with Crippen molar-refractivity contribution < 1.29 is 5.11 Å². The fourth-order valence-corrected chi connectivity index (χ4v) is 1.62. The monoisotopic (exact) mass is 187 g/mol. The summed E-state index contributed by atoms with van der Waals surface area (Å²) in [5.41, 5.74) is 0. The normalized spacial score (nSPS) is 13.6. The summed E-state index contributed by atoms with van der Waals surface area (Å²) in [5, 5.41) is 8.76. The predicted octanol–water partition coefficient (Wildman–Crippen LogP) is 2.13. The highest BCUT2D eigenvalue weighted by Crippen LogP contribution is 2.13. The summed E-state index contributed by atoms with van der Waals surface area (Å²) >= 11 is 0. The Morgan fingerprint density at radius 3 is 2.46 bits per heavy atom. The molecule has 0 heterocycles. The molecule has 0 spiro atoms. The summed E-state index contributed by atoms with van der Waals surface area (Å²) in [6.45, 7) is 6.72. The molecule has 0 aliphatic rings. The molecule has 0 bridgehead atoms. The van der Waals surface area contributed by atoms with Crippen LogP contribution in [-0.4, -0.2) is 36.8 Å². The molecule has 0 fully saturated rings. The molecule has 1 unspecified atom stereocenters. The van der Waals surface area contributed by atoms with Crippen LogP contribution >= 0.6 is 0 Å². The minimum absolute atomic E-state index is 0.278. The highest BCUT2D eigenvalue weighted by atomic mass is 16.3. The number of aliphatic hydroxyl groups is 1. The number of hydrogen-bond donors (Lipinski definition) is 1. The van der Waals surface area contributed by atoms with E-state index >= 15 is 0 Å². The second kappa shape index (κ2) is 8.52. The van der Waals surface area contributed by atoms with Crippen LogP contribution in [0.5, 0.6) is 0 Å². The summed E-state index contributed by atoms with van der Waals surface area (Å²) in [4.78, 5) is 2.23. The van der Waals surface area contributed by atoms with Crippen LogP contribution in [0.2, 0.25) is 0 Å². The fourth-order valence-electron chi connectivity index (χ4n) is 1.62. The van der Waals surface area contributed by atoms with Crippen molar-refractivity contribution in [2.45, 2.75) is 39.5 Å². The van der Waals surface area contributed by atoms with Gasteiger partial charge in [-0.25, -0.2) is 0 Å². The summed E-state index contributed by atoms with van der Waals surface area (Å²) in [6, 6.07) is 0. The lowest BCUT2D eigenvalue weighted by Crippen LogP contribution is -2.28. The molecule has 2 nitrogen and oxygen atoms in total. The van der Waals surface area contributed by atoms with E-state index < -0.39 is 0 Å². The third-order valence-electron chi connectivity index (χ3n) is 2.59. The van der Waals surface area contributed by atoms with Crippen LogP contribution in [0.1, 0.15) is 39.5 Å². The Labute approximate surface area is 82.9 Å². The van der Waals surface area contributed by atoms with E-state index in [1.807, 2.05) is 0 Å². The molecule has 1 N–H and O–H groups in total. The number of rotatable bonds is 8. The standard InChI is InChI=1S/C11H25NO/c1-4-6-7-11(5-2)10-12(3)8-9-13/h11,13H,4-10H2,1-3H3. The van der Waals surface area contributed by atoms with E-state index in [2.05, 4.69) is 25.8 Å². The van der Waals surface area contributed by atoms with Crippen molar-refractivity contribution in [2.24, 2.45) is 5.92 Å². The maximum Gasteiger partial charge on any atom is 0.0558 e. The Hall–Kier alpha value is -0.0800. The maximum atomic E-state index is 8.76. The fraction of sp³-hybridized carbons (Fsp3) is 1.00. The number of hydrogen-bond acceptors (Lipinski definition) is 2. The topological polar surface area (TPSA) is 23.5 Å². The van der Waals surface area contributed by atoms with Gasteiger partial charge in [0.2, 0.25) is 0 Å². The smallest absolute Gasteiger partial charge is 0.0558 e. The Morgan fingerprint density at radius 1 is 1.31 bits per heavy atom. The Balaban J connectivity index is 3.56. The molecule has 0 rings (SSSR count). The molecular formula is C11H25NO. The summed E-state index contributed by atoms with van der Waals surface area (Å²) < 4.78 is 0. The van der Waals surface area contributed by atoms with E-state index in [1.165, 1.54) is 25.7 Å². The molecule has 13 heavy (non-hydrogen) atoms. The van der Waals surface area contributed by atoms with Crippen molar-refractivity contribution in [3.63, 3.8) is 0 Å². The first-order valence-corrected chi connectivity index (χ1v) is 5.53. The summed E-state index contributed by atoms with van der Waals surface area (Å²) in [7, 11) is 2.09. The molecular weight excluding hydrogens is 162 g/mol. The van der Waals surface area contributed by atoms with Gasteiger partial charge in [-0.15, -0.1) is 0 Å². The molecule has 0 aliphatic carbocycles. The highest BCUT2D eigenvalue weighted by molar-refractivity contribution is 4.62. The van der Waals surface area contributed by atoms with Gasteiger partial charge in [0.25, 0.3) is 0 Å². The zero-order valence-corrected chi connectivity index (χ0v) is 9.42. The van der Waals surface area contributed by atoms with Gasteiger partial charge in [-0.3, -0.25) is 0 Å². The first kappa shape index (κ1) is 12.9. The van der Waals surface area contributed by atoms with Crippen LogP contribution in [0.3, 0.4) is 0 Å².